The van der Waals surface area contributed by atoms with E-state index < -0.39 is 5.97 Å². The standard InChI is InChI=1S/C12H21N3O2/c1-3-4-5-6-7-8-17-12(16)11-10(13)9-15(2)14-11/h9H,3-8,13H2,1-2H3. The molecule has 1 aromatic heterocycles. The molecule has 0 atom stereocenters. The molecule has 0 saturated carbocycles. The third-order valence-corrected chi connectivity index (χ3v) is 2.53. The number of nitrogens with zero attached hydrogens (tertiary/aromatic N) is 2. The van der Waals surface area contributed by atoms with Gasteiger partial charge in [-0.1, -0.05) is 32.6 Å². The summed E-state index contributed by atoms with van der Waals surface area (Å²) in [6.45, 7) is 2.61. The molecule has 0 radical (unpaired) electrons. The maximum atomic E-state index is 11.6. The van der Waals surface area contributed by atoms with Crippen LogP contribution < -0.4 is 5.73 Å². The summed E-state index contributed by atoms with van der Waals surface area (Å²) in [5, 5.41) is 3.96. The molecular formula is C12H21N3O2. The third kappa shape index (κ3) is 4.46. The van der Waals surface area contributed by atoms with Crippen molar-refractivity contribution in [3.05, 3.63) is 11.9 Å². The summed E-state index contributed by atoms with van der Waals surface area (Å²) >= 11 is 0. The minimum absolute atomic E-state index is 0.209. The predicted molar refractivity (Wildman–Crippen MR) is 66.7 cm³/mol. The molecule has 0 bridgehead atoms. The minimum Gasteiger partial charge on any atom is -0.461 e. The monoisotopic (exact) mass is 239 g/mol. The van der Waals surface area contributed by atoms with E-state index in [2.05, 4.69) is 12.0 Å². The van der Waals surface area contributed by atoms with Crippen LogP contribution in [-0.4, -0.2) is 22.4 Å². The zero-order valence-corrected chi connectivity index (χ0v) is 10.6. The number of unbranched alkanes of at least 4 members (excludes halogenated alkanes) is 4. The van der Waals surface area contributed by atoms with Crippen LogP contribution in [-0.2, 0) is 11.8 Å². The van der Waals surface area contributed by atoms with E-state index >= 15 is 0 Å². The highest BCUT2D eigenvalue weighted by Crippen LogP contribution is 2.10. The first-order valence-corrected chi connectivity index (χ1v) is 6.11. The van der Waals surface area contributed by atoms with Crippen LogP contribution >= 0.6 is 0 Å². The highest BCUT2D eigenvalue weighted by molar-refractivity contribution is 5.92. The van der Waals surface area contributed by atoms with Crippen LogP contribution in [0.1, 0.15) is 49.5 Å². The van der Waals surface area contributed by atoms with Gasteiger partial charge in [0.15, 0.2) is 5.69 Å². The van der Waals surface area contributed by atoms with E-state index in [1.54, 1.807) is 13.2 Å². The third-order valence-electron chi connectivity index (χ3n) is 2.53. The first kappa shape index (κ1) is 13.5. The van der Waals surface area contributed by atoms with Gasteiger partial charge in [-0.3, -0.25) is 4.68 Å². The summed E-state index contributed by atoms with van der Waals surface area (Å²) in [6.07, 6.45) is 7.24. The molecule has 1 rings (SSSR count). The summed E-state index contributed by atoms with van der Waals surface area (Å²) in [5.41, 5.74) is 6.20. The van der Waals surface area contributed by atoms with Crippen molar-refractivity contribution in [3.63, 3.8) is 0 Å². The number of anilines is 1. The van der Waals surface area contributed by atoms with Crippen molar-refractivity contribution in [2.75, 3.05) is 12.3 Å². The van der Waals surface area contributed by atoms with E-state index in [4.69, 9.17) is 10.5 Å². The van der Waals surface area contributed by atoms with Crippen LogP contribution in [0.15, 0.2) is 6.20 Å². The van der Waals surface area contributed by atoms with Gasteiger partial charge >= 0.3 is 5.97 Å². The van der Waals surface area contributed by atoms with Crippen molar-refractivity contribution in [3.8, 4) is 0 Å². The fourth-order valence-corrected chi connectivity index (χ4v) is 1.60. The number of carbonyl (C=O) groups excluding carboxylic acids is 1. The molecule has 17 heavy (non-hydrogen) atoms. The van der Waals surface area contributed by atoms with E-state index in [-0.39, 0.29) is 5.69 Å². The molecule has 0 aromatic carbocycles. The Kier molecular flexibility index (Phi) is 5.52. The Labute approximate surface area is 102 Å². The quantitative estimate of drug-likeness (QED) is 0.584. The summed E-state index contributed by atoms with van der Waals surface area (Å²) in [4.78, 5) is 11.6. The number of esters is 1. The molecule has 1 aromatic rings. The number of ether oxygens (including phenoxy) is 1. The molecular weight excluding hydrogens is 218 g/mol. The Morgan fingerprint density at radius 3 is 2.71 bits per heavy atom. The van der Waals surface area contributed by atoms with Crippen molar-refractivity contribution in [1.29, 1.82) is 0 Å². The summed E-state index contributed by atoms with van der Waals surface area (Å²) in [5.74, 6) is -0.432. The fourth-order valence-electron chi connectivity index (χ4n) is 1.60. The second-order valence-electron chi connectivity index (χ2n) is 4.16. The van der Waals surface area contributed by atoms with E-state index in [1.165, 1.54) is 23.9 Å². The van der Waals surface area contributed by atoms with Gasteiger partial charge in [-0.05, 0) is 6.42 Å². The van der Waals surface area contributed by atoms with Gasteiger partial charge in [0.25, 0.3) is 0 Å². The first-order chi connectivity index (χ1) is 8.15. The Bertz CT molecular complexity index is 361. The lowest BCUT2D eigenvalue weighted by molar-refractivity contribution is 0.0491. The average Bonchev–Trinajstić information content (AvgIpc) is 2.62. The van der Waals surface area contributed by atoms with Crippen molar-refractivity contribution < 1.29 is 9.53 Å². The van der Waals surface area contributed by atoms with Crippen molar-refractivity contribution >= 4 is 11.7 Å². The van der Waals surface area contributed by atoms with Crippen LogP contribution in [0.4, 0.5) is 5.69 Å². The zero-order chi connectivity index (χ0) is 12.7. The van der Waals surface area contributed by atoms with Gasteiger partial charge in [-0.2, -0.15) is 5.10 Å². The lowest BCUT2D eigenvalue weighted by Gasteiger charge is -2.03. The number of hydrogen-bond donors (Lipinski definition) is 1. The highest BCUT2D eigenvalue weighted by atomic mass is 16.5. The summed E-state index contributed by atoms with van der Waals surface area (Å²) < 4.78 is 6.61. The van der Waals surface area contributed by atoms with Gasteiger partial charge in [0.05, 0.1) is 12.3 Å². The molecule has 0 unspecified atom stereocenters. The van der Waals surface area contributed by atoms with Crippen molar-refractivity contribution in [2.24, 2.45) is 7.05 Å². The second kappa shape index (κ2) is 6.93. The molecule has 5 heteroatoms. The SMILES string of the molecule is CCCCCCCOC(=O)c1nn(C)cc1N. The molecule has 0 saturated heterocycles. The highest BCUT2D eigenvalue weighted by Gasteiger charge is 2.14. The van der Waals surface area contributed by atoms with Gasteiger partial charge in [-0.15, -0.1) is 0 Å². The van der Waals surface area contributed by atoms with E-state index in [0.29, 0.717) is 12.3 Å². The predicted octanol–water partition coefficient (Wildman–Crippen LogP) is 2.13. The van der Waals surface area contributed by atoms with Crippen LogP contribution in [0, 0.1) is 0 Å². The number of nitrogens with two attached hydrogens (primary N) is 1. The summed E-state index contributed by atoms with van der Waals surface area (Å²) in [6, 6.07) is 0. The first-order valence-electron chi connectivity index (χ1n) is 6.11. The maximum Gasteiger partial charge on any atom is 0.361 e. The maximum absolute atomic E-state index is 11.6. The molecule has 1 heterocycles. The van der Waals surface area contributed by atoms with Crippen molar-refractivity contribution in [1.82, 2.24) is 9.78 Å². The molecule has 0 fully saturated rings. The Hall–Kier alpha value is -1.52. The van der Waals surface area contributed by atoms with Crippen LogP contribution in [0.25, 0.3) is 0 Å². The van der Waals surface area contributed by atoms with Gasteiger partial charge < -0.3 is 10.5 Å². The number of rotatable bonds is 7. The van der Waals surface area contributed by atoms with E-state index in [0.717, 1.165) is 12.8 Å². The average molecular weight is 239 g/mol. The Balaban J connectivity index is 2.23. The molecule has 2 N–H and O–H groups in total. The largest absolute Gasteiger partial charge is 0.461 e. The number of carbonyl (C=O) groups is 1. The van der Waals surface area contributed by atoms with E-state index in [1.807, 2.05) is 0 Å². The molecule has 0 aliphatic rings. The van der Waals surface area contributed by atoms with Crippen LogP contribution in [0.3, 0.4) is 0 Å². The number of aryl methyl sites for hydroxylation is 1. The lowest BCUT2D eigenvalue weighted by Crippen LogP contribution is -2.09. The molecule has 0 spiro atoms. The Morgan fingerprint density at radius 1 is 1.41 bits per heavy atom. The number of aromatic nitrogens is 2. The topological polar surface area (TPSA) is 70.1 Å². The normalized spacial score (nSPS) is 10.5. The lowest BCUT2D eigenvalue weighted by atomic mass is 10.2. The smallest absolute Gasteiger partial charge is 0.361 e. The molecule has 0 aliphatic carbocycles. The Morgan fingerprint density at radius 2 is 2.12 bits per heavy atom. The summed E-state index contributed by atoms with van der Waals surface area (Å²) in [7, 11) is 1.72. The fraction of sp³-hybridized carbons (Fsp3) is 0.667. The van der Waals surface area contributed by atoms with Crippen LogP contribution in [0.2, 0.25) is 0 Å². The van der Waals surface area contributed by atoms with Crippen molar-refractivity contribution in [2.45, 2.75) is 39.0 Å². The molecule has 5 nitrogen and oxygen atoms in total. The van der Waals surface area contributed by atoms with E-state index in [9.17, 15) is 4.79 Å². The van der Waals surface area contributed by atoms with Crippen LogP contribution in [0.5, 0.6) is 0 Å². The molecule has 0 aliphatic heterocycles. The van der Waals surface area contributed by atoms with Gasteiger partial charge in [0.1, 0.15) is 0 Å². The molecule has 0 amide bonds. The second-order valence-corrected chi connectivity index (χ2v) is 4.16. The zero-order valence-electron chi connectivity index (χ0n) is 10.6. The van der Waals surface area contributed by atoms with Gasteiger partial charge in [-0.25, -0.2) is 4.79 Å². The van der Waals surface area contributed by atoms with Gasteiger partial charge in [0, 0.05) is 13.2 Å². The number of nitrogen functional groups attached to an aromatic ring is 1. The molecule has 96 valence electrons. The minimum atomic E-state index is -0.432. The number of hydrogen-bond acceptors (Lipinski definition) is 4. The van der Waals surface area contributed by atoms with Gasteiger partial charge in [0.2, 0.25) is 0 Å².